The second-order valence-corrected chi connectivity index (χ2v) is 6.61. The van der Waals surface area contributed by atoms with Crippen LogP contribution < -0.4 is 0 Å². The Bertz CT molecular complexity index is 368. The Hall–Kier alpha value is -0.870. The van der Waals surface area contributed by atoms with Crippen LogP contribution in [0.2, 0.25) is 0 Å². The van der Waals surface area contributed by atoms with Gasteiger partial charge < -0.3 is 9.84 Å². The van der Waals surface area contributed by atoms with E-state index in [0.717, 1.165) is 19.3 Å². The van der Waals surface area contributed by atoms with E-state index in [0.29, 0.717) is 6.42 Å². The van der Waals surface area contributed by atoms with Gasteiger partial charge in [0.15, 0.2) is 0 Å². The van der Waals surface area contributed by atoms with Crippen LogP contribution in [0.4, 0.5) is 0 Å². The highest BCUT2D eigenvalue weighted by atomic mass is 35.5. The minimum absolute atomic E-state index is 0.151. The number of hydrogen-bond acceptors (Lipinski definition) is 4. The Morgan fingerprint density at radius 3 is 2.46 bits per heavy atom. The molecule has 0 saturated carbocycles. The average Bonchev–Trinajstić information content (AvgIpc) is 2.54. The number of hydrogen-bond donors (Lipinski definition) is 1. The smallest absolute Gasteiger partial charge is 0.313 e. The molecule has 0 radical (unpaired) electrons. The Balaban J connectivity index is 3.76. The molecule has 1 N–H and O–H groups in total. The SMILES string of the molecule is CCCCCCCCC(Cl)C(O)/C=C\CCC(=O)CC(=O)OCC. The molecule has 2 atom stereocenters. The van der Waals surface area contributed by atoms with Crippen LogP contribution in [0.25, 0.3) is 0 Å². The summed E-state index contributed by atoms with van der Waals surface area (Å²) in [5, 5.41) is 9.67. The van der Waals surface area contributed by atoms with Crippen molar-refractivity contribution in [3.63, 3.8) is 0 Å². The molecule has 2 unspecified atom stereocenters. The van der Waals surface area contributed by atoms with Gasteiger partial charge in [0, 0.05) is 6.42 Å². The number of alkyl halides is 1. The minimum Gasteiger partial charge on any atom is -0.466 e. The molecule has 0 saturated heterocycles. The minimum atomic E-state index is -0.692. The summed E-state index contributed by atoms with van der Waals surface area (Å²) in [6.45, 7) is 4.19. The van der Waals surface area contributed by atoms with Gasteiger partial charge in [0.25, 0.3) is 0 Å². The van der Waals surface area contributed by atoms with E-state index in [9.17, 15) is 14.7 Å². The average molecular weight is 361 g/mol. The van der Waals surface area contributed by atoms with Crippen LogP contribution in [0.5, 0.6) is 0 Å². The summed E-state index contributed by atoms with van der Waals surface area (Å²) < 4.78 is 4.72. The lowest BCUT2D eigenvalue weighted by molar-refractivity contribution is -0.145. The van der Waals surface area contributed by atoms with Crippen molar-refractivity contribution in [2.24, 2.45) is 0 Å². The first-order chi connectivity index (χ1) is 11.5. The number of rotatable bonds is 15. The fourth-order valence-corrected chi connectivity index (χ4v) is 2.59. The summed E-state index contributed by atoms with van der Waals surface area (Å²) in [5.74, 6) is -0.631. The number of aliphatic hydroxyl groups is 1. The number of ether oxygens (including phenoxy) is 1. The van der Waals surface area contributed by atoms with Crippen LogP contribution in [-0.2, 0) is 14.3 Å². The van der Waals surface area contributed by atoms with E-state index in [1.165, 1.54) is 25.7 Å². The predicted molar refractivity (Wildman–Crippen MR) is 98.3 cm³/mol. The van der Waals surface area contributed by atoms with Crippen molar-refractivity contribution in [3.8, 4) is 0 Å². The molecular formula is C19H33ClO4. The molecule has 4 nitrogen and oxygen atoms in total. The van der Waals surface area contributed by atoms with E-state index in [2.05, 4.69) is 6.92 Å². The zero-order valence-corrected chi connectivity index (χ0v) is 15.9. The largest absolute Gasteiger partial charge is 0.466 e. The highest BCUT2D eigenvalue weighted by Crippen LogP contribution is 2.15. The van der Waals surface area contributed by atoms with Gasteiger partial charge in [0.1, 0.15) is 12.2 Å². The van der Waals surface area contributed by atoms with E-state index in [4.69, 9.17) is 16.3 Å². The van der Waals surface area contributed by atoms with Crippen molar-refractivity contribution < 1.29 is 19.4 Å². The van der Waals surface area contributed by atoms with Crippen molar-refractivity contribution in [1.82, 2.24) is 0 Å². The summed E-state index contributed by atoms with van der Waals surface area (Å²) in [6, 6.07) is 0. The van der Waals surface area contributed by atoms with Gasteiger partial charge in [-0.3, -0.25) is 9.59 Å². The lowest BCUT2D eigenvalue weighted by Gasteiger charge is -2.13. The maximum Gasteiger partial charge on any atom is 0.313 e. The molecule has 0 aromatic carbocycles. The molecule has 0 aromatic heterocycles. The summed E-state index contributed by atoms with van der Waals surface area (Å²) in [7, 11) is 0. The summed E-state index contributed by atoms with van der Waals surface area (Å²) in [4.78, 5) is 22.7. The van der Waals surface area contributed by atoms with Crippen LogP contribution in [-0.4, -0.2) is 34.9 Å². The zero-order valence-electron chi connectivity index (χ0n) is 15.1. The standard InChI is InChI=1S/C19H33ClO4/c1-3-5-6-7-8-9-13-17(20)18(22)14-11-10-12-16(21)15-19(23)24-4-2/h11,14,17-18,22H,3-10,12-13,15H2,1-2H3/b14-11-. The molecule has 0 rings (SSSR count). The molecule has 0 aliphatic heterocycles. The third-order valence-electron chi connectivity index (χ3n) is 3.77. The topological polar surface area (TPSA) is 63.6 Å². The number of carbonyl (C=O) groups is 2. The van der Waals surface area contributed by atoms with Crippen molar-refractivity contribution in [2.75, 3.05) is 6.61 Å². The second-order valence-electron chi connectivity index (χ2n) is 6.05. The highest BCUT2D eigenvalue weighted by molar-refractivity contribution is 6.21. The molecule has 24 heavy (non-hydrogen) atoms. The number of unbranched alkanes of at least 4 members (excludes halogenated alkanes) is 5. The fraction of sp³-hybridized carbons (Fsp3) is 0.789. The van der Waals surface area contributed by atoms with Gasteiger partial charge in [0.05, 0.1) is 18.1 Å². The number of aliphatic hydroxyl groups excluding tert-OH is 1. The van der Waals surface area contributed by atoms with Crippen molar-refractivity contribution >= 4 is 23.4 Å². The molecule has 140 valence electrons. The first-order valence-corrected chi connectivity index (χ1v) is 9.61. The number of ketones is 1. The van der Waals surface area contributed by atoms with Crippen LogP contribution >= 0.6 is 11.6 Å². The summed E-state index contributed by atoms with van der Waals surface area (Å²) >= 11 is 6.19. The molecule has 5 heteroatoms. The number of Topliss-reactive ketones (excluding diaryl/α,β-unsaturated/α-hetero) is 1. The molecule has 0 fully saturated rings. The second kappa shape index (κ2) is 15.6. The van der Waals surface area contributed by atoms with Gasteiger partial charge in [-0.25, -0.2) is 0 Å². The molecule has 0 amide bonds. The number of esters is 1. The molecule has 0 spiro atoms. The summed E-state index contributed by atoms with van der Waals surface area (Å²) in [5.41, 5.74) is 0. The molecule has 0 aromatic rings. The molecular weight excluding hydrogens is 328 g/mol. The van der Waals surface area contributed by atoms with Gasteiger partial charge in [0.2, 0.25) is 0 Å². The maximum absolute atomic E-state index is 11.5. The van der Waals surface area contributed by atoms with Crippen LogP contribution in [0.3, 0.4) is 0 Å². The first-order valence-electron chi connectivity index (χ1n) is 9.17. The summed E-state index contributed by atoms with van der Waals surface area (Å²) in [6.07, 6.45) is 11.3. The quantitative estimate of drug-likeness (QED) is 0.153. The fourth-order valence-electron chi connectivity index (χ4n) is 2.35. The molecule has 0 bridgehead atoms. The van der Waals surface area contributed by atoms with E-state index >= 15 is 0 Å². The van der Waals surface area contributed by atoms with Gasteiger partial charge >= 0.3 is 5.97 Å². The number of halogens is 1. The van der Waals surface area contributed by atoms with E-state index in [1.807, 2.05) is 0 Å². The zero-order chi connectivity index (χ0) is 18.2. The Morgan fingerprint density at radius 2 is 1.79 bits per heavy atom. The number of carbonyl (C=O) groups excluding carboxylic acids is 2. The van der Waals surface area contributed by atoms with Gasteiger partial charge in [-0.15, -0.1) is 11.6 Å². The Labute approximate surface area is 151 Å². The van der Waals surface area contributed by atoms with Crippen LogP contribution in [0.1, 0.15) is 78.1 Å². The van der Waals surface area contributed by atoms with Gasteiger partial charge in [-0.2, -0.15) is 0 Å². The van der Waals surface area contributed by atoms with Crippen LogP contribution in [0, 0.1) is 0 Å². The normalized spacial score (nSPS) is 13.8. The maximum atomic E-state index is 11.5. The van der Waals surface area contributed by atoms with Crippen LogP contribution in [0.15, 0.2) is 12.2 Å². The number of allylic oxidation sites excluding steroid dienone is 1. The van der Waals surface area contributed by atoms with Crippen molar-refractivity contribution in [2.45, 2.75) is 89.5 Å². The molecule has 0 aliphatic rings. The van der Waals surface area contributed by atoms with Crippen molar-refractivity contribution in [3.05, 3.63) is 12.2 Å². The van der Waals surface area contributed by atoms with Gasteiger partial charge in [-0.1, -0.05) is 57.6 Å². The predicted octanol–water partition coefficient (Wildman–Crippen LogP) is 4.56. The van der Waals surface area contributed by atoms with E-state index in [1.54, 1.807) is 19.1 Å². The lowest BCUT2D eigenvalue weighted by atomic mass is 10.1. The molecule has 0 aliphatic carbocycles. The highest BCUT2D eigenvalue weighted by Gasteiger charge is 2.13. The Morgan fingerprint density at radius 1 is 1.12 bits per heavy atom. The van der Waals surface area contributed by atoms with E-state index < -0.39 is 12.1 Å². The monoisotopic (exact) mass is 360 g/mol. The van der Waals surface area contributed by atoms with Gasteiger partial charge in [-0.05, 0) is 19.8 Å². The first kappa shape index (κ1) is 23.1. The van der Waals surface area contributed by atoms with E-state index in [-0.39, 0.29) is 30.6 Å². The molecule has 0 heterocycles. The third kappa shape index (κ3) is 13.6. The Kier molecular flexibility index (Phi) is 15.1. The third-order valence-corrected chi connectivity index (χ3v) is 4.25. The lowest BCUT2D eigenvalue weighted by Crippen LogP contribution is -2.18. The van der Waals surface area contributed by atoms with Crippen molar-refractivity contribution in [1.29, 1.82) is 0 Å².